The van der Waals surface area contributed by atoms with Crippen molar-refractivity contribution in [3.8, 4) is 0 Å². The molecule has 0 aromatic heterocycles. The van der Waals surface area contributed by atoms with E-state index in [1.807, 2.05) is 0 Å². The molecule has 1 aliphatic heterocycles. The summed E-state index contributed by atoms with van der Waals surface area (Å²) in [7, 11) is 0. The van der Waals surface area contributed by atoms with Crippen molar-refractivity contribution >= 4 is 18.4 Å². The lowest BCUT2D eigenvalue weighted by atomic mass is 10.2. The Morgan fingerprint density at radius 2 is 2.27 bits per heavy atom. The van der Waals surface area contributed by atoms with Gasteiger partial charge in [0, 0.05) is 6.54 Å². The number of carboxylic acid groups (broad SMARTS) is 1. The van der Waals surface area contributed by atoms with Gasteiger partial charge in [0.2, 0.25) is 0 Å². The van der Waals surface area contributed by atoms with Crippen LogP contribution in [0.25, 0.3) is 0 Å². The predicted octanol–water partition coefficient (Wildman–Crippen LogP) is -0.129. The van der Waals surface area contributed by atoms with Crippen molar-refractivity contribution in [3.05, 3.63) is 0 Å². The van der Waals surface area contributed by atoms with Crippen LogP contribution in [0, 0.1) is 0 Å². The van der Waals surface area contributed by atoms with Crippen LogP contribution < -0.4 is 5.32 Å². The standard InChI is InChI=1S/C6H11NO3.ClH/c8-6(9)5-1-2-7-3-4-10-5;/h5,7H,1-4H2,(H,8,9);1H/t5-;/m1./s1. The van der Waals surface area contributed by atoms with E-state index in [1.54, 1.807) is 0 Å². The molecule has 0 unspecified atom stereocenters. The molecule has 0 aromatic carbocycles. The van der Waals surface area contributed by atoms with Gasteiger partial charge in [-0.15, -0.1) is 12.4 Å². The SMILES string of the molecule is Cl.O=C(O)[C@H]1CCNCCO1. The molecule has 0 aromatic rings. The Hall–Kier alpha value is -0.320. The molecule has 1 rings (SSSR count). The molecule has 1 fully saturated rings. The summed E-state index contributed by atoms with van der Waals surface area (Å²) in [5.74, 6) is -0.858. The van der Waals surface area contributed by atoms with Crippen LogP contribution in [-0.2, 0) is 9.53 Å². The molecule has 4 nitrogen and oxygen atoms in total. The van der Waals surface area contributed by atoms with Crippen molar-refractivity contribution < 1.29 is 14.6 Å². The van der Waals surface area contributed by atoms with E-state index in [0.717, 1.165) is 13.1 Å². The number of halogens is 1. The number of carbonyl (C=O) groups is 1. The van der Waals surface area contributed by atoms with E-state index in [9.17, 15) is 4.79 Å². The van der Waals surface area contributed by atoms with E-state index in [0.29, 0.717) is 13.0 Å². The molecule has 1 atom stereocenters. The largest absolute Gasteiger partial charge is 0.479 e. The van der Waals surface area contributed by atoms with Gasteiger partial charge in [0.25, 0.3) is 0 Å². The van der Waals surface area contributed by atoms with Gasteiger partial charge in [0.05, 0.1) is 6.61 Å². The topological polar surface area (TPSA) is 58.6 Å². The van der Waals surface area contributed by atoms with Crippen LogP contribution in [0.5, 0.6) is 0 Å². The van der Waals surface area contributed by atoms with Gasteiger partial charge in [-0.05, 0) is 13.0 Å². The normalized spacial score (nSPS) is 24.9. The Morgan fingerprint density at radius 1 is 1.55 bits per heavy atom. The molecule has 1 saturated heterocycles. The van der Waals surface area contributed by atoms with Gasteiger partial charge in [-0.1, -0.05) is 0 Å². The number of hydrogen-bond acceptors (Lipinski definition) is 3. The molecule has 1 aliphatic rings. The molecule has 2 N–H and O–H groups in total. The van der Waals surface area contributed by atoms with Crippen molar-refractivity contribution in [1.82, 2.24) is 5.32 Å². The average molecular weight is 182 g/mol. The molecular weight excluding hydrogens is 170 g/mol. The molecule has 0 spiro atoms. The van der Waals surface area contributed by atoms with Gasteiger partial charge < -0.3 is 15.2 Å². The summed E-state index contributed by atoms with van der Waals surface area (Å²) < 4.78 is 5.00. The third-order valence-electron chi connectivity index (χ3n) is 1.46. The van der Waals surface area contributed by atoms with Crippen LogP contribution in [0.1, 0.15) is 6.42 Å². The summed E-state index contributed by atoms with van der Waals surface area (Å²) in [5.41, 5.74) is 0. The summed E-state index contributed by atoms with van der Waals surface area (Å²) in [6.45, 7) is 1.98. The Labute approximate surface area is 71.3 Å². The second-order valence-corrected chi connectivity index (χ2v) is 2.24. The molecule has 0 bridgehead atoms. The first-order valence-corrected chi connectivity index (χ1v) is 3.36. The summed E-state index contributed by atoms with van der Waals surface area (Å²) >= 11 is 0. The number of aliphatic carboxylic acids is 1. The quantitative estimate of drug-likeness (QED) is 0.592. The maximum absolute atomic E-state index is 10.4. The van der Waals surface area contributed by atoms with Gasteiger partial charge in [-0.2, -0.15) is 0 Å². The molecule has 5 heteroatoms. The fraction of sp³-hybridized carbons (Fsp3) is 0.833. The molecule has 0 saturated carbocycles. The number of carboxylic acids is 1. The third kappa shape index (κ3) is 3.55. The van der Waals surface area contributed by atoms with E-state index in [1.165, 1.54) is 0 Å². The zero-order valence-corrected chi connectivity index (χ0v) is 6.89. The second-order valence-electron chi connectivity index (χ2n) is 2.24. The lowest BCUT2D eigenvalue weighted by Gasteiger charge is -2.06. The summed E-state index contributed by atoms with van der Waals surface area (Å²) in [4.78, 5) is 10.4. The second kappa shape index (κ2) is 5.35. The van der Waals surface area contributed by atoms with E-state index in [-0.39, 0.29) is 12.4 Å². The molecule has 66 valence electrons. The number of hydrogen-bond donors (Lipinski definition) is 2. The van der Waals surface area contributed by atoms with Crippen molar-refractivity contribution in [2.45, 2.75) is 12.5 Å². The maximum atomic E-state index is 10.4. The first kappa shape index (κ1) is 10.7. The molecule has 0 amide bonds. The highest BCUT2D eigenvalue weighted by atomic mass is 35.5. The minimum atomic E-state index is -0.858. The highest BCUT2D eigenvalue weighted by Gasteiger charge is 2.18. The smallest absolute Gasteiger partial charge is 0.332 e. The van der Waals surface area contributed by atoms with E-state index in [2.05, 4.69) is 5.32 Å². The van der Waals surface area contributed by atoms with Crippen LogP contribution in [0.2, 0.25) is 0 Å². The van der Waals surface area contributed by atoms with Gasteiger partial charge in [0.1, 0.15) is 0 Å². The molecule has 0 radical (unpaired) electrons. The van der Waals surface area contributed by atoms with E-state index in [4.69, 9.17) is 9.84 Å². The van der Waals surface area contributed by atoms with Crippen LogP contribution in [-0.4, -0.2) is 36.9 Å². The Balaban J connectivity index is 0.000001000. The average Bonchev–Trinajstić information content (AvgIpc) is 2.12. The first-order chi connectivity index (χ1) is 4.80. The van der Waals surface area contributed by atoms with Crippen molar-refractivity contribution in [2.75, 3.05) is 19.7 Å². The number of rotatable bonds is 1. The summed E-state index contributed by atoms with van der Waals surface area (Å²) in [5, 5.41) is 11.6. The van der Waals surface area contributed by atoms with Crippen LogP contribution in [0.3, 0.4) is 0 Å². The maximum Gasteiger partial charge on any atom is 0.332 e. The van der Waals surface area contributed by atoms with Gasteiger partial charge in [0.15, 0.2) is 6.10 Å². The summed E-state index contributed by atoms with van der Waals surface area (Å²) in [6.07, 6.45) is -0.0370. The third-order valence-corrected chi connectivity index (χ3v) is 1.46. The van der Waals surface area contributed by atoms with Crippen LogP contribution in [0.15, 0.2) is 0 Å². The first-order valence-electron chi connectivity index (χ1n) is 3.36. The van der Waals surface area contributed by atoms with Crippen molar-refractivity contribution in [1.29, 1.82) is 0 Å². The van der Waals surface area contributed by atoms with E-state index < -0.39 is 12.1 Å². The lowest BCUT2D eigenvalue weighted by molar-refractivity contribution is -0.149. The summed E-state index contributed by atoms with van der Waals surface area (Å²) in [6, 6.07) is 0. The lowest BCUT2D eigenvalue weighted by Crippen LogP contribution is -2.24. The Kier molecular flexibility index (Phi) is 5.19. The number of ether oxygens (including phenoxy) is 1. The minimum Gasteiger partial charge on any atom is -0.479 e. The fourth-order valence-electron chi connectivity index (χ4n) is 0.910. The van der Waals surface area contributed by atoms with Crippen molar-refractivity contribution in [3.63, 3.8) is 0 Å². The Bertz CT molecular complexity index is 123. The Morgan fingerprint density at radius 3 is 2.91 bits per heavy atom. The molecule has 11 heavy (non-hydrogen) atoms. The van der Waals surface area contributed by atoms with E-state index >= 15 is 0 Å². The van der Waals surface area contributed by atoms with Crippen LogP contribution >= 0.6 is 12.4 Å². The van der Waals surface area contributed by atoms with Gasteiger partial charge >= 0.3 is 5.97 Å². The zero-order valence-electron chi connectivity index (χ0n) is 6.08. The van der Waals surface area contributed by atoms with Crippen molar-refractivity contribution in [2.24, 2.45) is 0 Å². The van der Waals surface area contributed by atoms with Gasteiger partial charge in [-0.3, -0.25) is 0 Å². The molecule has 0 aliphatic carbocycles. The van der Waals surface area contributed by atoms with Crippen LogP contribution in [0.4, 0.5) is 0 Å². The molecule has 1 heterocycles. The highest BCUT2D eigenvalue weighted by Crippen LogP contribution is 1.99. The highest BCUT2D eigenvalue weighted by molar-refractivity contribution is 5.85. The number of nitrogens with one attached hydrogen (secondary N) is 1. The molecular formula is C6H12ClNO3. The zero-order chi connectivity index (χ0) is 7.40. The fourth-order valence-corrected chi connectivity index (χ4v) is 0.910. The minimum absolute atomic E-state index is 0. The predicted molar refractivity (Wildman–Crippen MR) is 42.1 cm³/mol. The van der Waals surface area contributed by atoms with Gasteiger partial charge in [-0.25, -0.2) is 4.79 Å². The monoisotopic (exact) mass is 181 g/mol.